The van der Waals surface area contributed by atoms with Gasteiger partial charge >= 0.3 is 5.97 Å². The van der Waals surface area contributed by atoms with Crippen LogP contribution in [0.15, 0.2) is 55.6 Å². The number of aliphatic hydroxyl groups is 1. The molecule has 4 rings (SSSR count). The van der Waals surface area contributed by atoms with Gasteiger partial charge in [0.25, 0.3) is 0 Å². The van der Waals surface area contributed by atoms with Crippen LogP contribution >= 0.6 is 15.9 Å². The van der Waals surface area contributed by atoms with Crippen molar-refractivity contribution in [1.29, 1.82) is 0 Å². The molecule has 46 heavy (non-hydrogen) atoms. The average Bonchev–Trinajstić information content (AvgIpc) is 3.63. The van der Waals surface area contributed by atoms with E-state index in [1.165, 1.54) is 4.90 Å². The number of ether oxygens (including phenoxy) is 2. The van der Waals surface area contributed by atoms with E-state index < -0.39 is 53.6 Å². The van der Waals surface area contributed by atoms with E-state index in [0.717, 1.165) is 12.8 Å². The van der Waals surface area contributed by atoms with Crippen LogP contribution in [0.4, 0.5) is 0 Å². The number of rotatable bonds is 17. The number of allylic oxidation sites excluding steroid dienone is 1. The van der Waals surface area contributed by atoms with Crippen LogP contribution in [0.3, 0.4) is 0 Å². The molecule has 2 bridgehead atoms. The molecule has 0 aliphatic carbocycles. The molecule has 3 amide bonds. The molecule has 3 aliphatic heterocycles. The van der Waals surface area contributed by atoms with Crippen LogP contribution in [-0.4, -0.2) is 93.5 Å². The summed E-state index contributed by atoms with van der Waals surface area (Å²) in [5.41, 5.74) is -0.594. The second-order valence-corrected chi connectivity index (χ2v) is 14.0. The Morgan fingerprint density at radius 2 is 1.96 bits per heavy atom. The van der Waals surface area contributed by atoms with Crippen molar-refractivity contribution in [2.24, 2.45) is 17.8 Å². The first kappa shape index (κ1) is 35.8. The van der Waals surface area contributed by atoms with Crippen molar-refractivity contribution in [3.05, 3.63) is 61.2 Å². The fourth-order valence-electron chi connectivity index (χ4n) is 7.20. The summed E-state index contributed by atoms with van der Waals surface area (Å²) in [5, 5.41) is 13.3. The summed E-state index contributed by atoms with van der Waals surface area (Å²) in [4.78, 5) is 58.5. The van der Waals surface area contributed by atoms with E-state index in [1.54, 1.807) is 17.1 Å². The zero-order chi connectivity index (χ0) is 33.6. The second kappa shape index (κ2) is 15.7. The number of hydrogen-bond donors (Lipinski definition) is 2. The Morgan fingerprint density at radius 3 is 2.57 bits per heavy atom. The number of nitrogens with one attached hydrogen (secondary N) is 1. The first-order chi connectivity index (χ1) is 22.1. The molecule has 1 aromatic carbocycles. The number of nitrogens with zero attached hydrogens (tertiary/aromatic N) is 2. The molecule has 3 saturated heterocycles. The van der Waals surface area contributed by atoms with Crippen LogP contribution in [0, 0.1) is 17.8 Å². The highest BCUT2D eigenvalue weighted by Crippen LogP contribution is 2.61. The summed E-state index contributed by atoms with van der Waals surface area (Å²) in [6, 6.07) is 7.43. The number of amides is 3. The third-order valence-electron chi connectivity index (χ3n) is 9.48. The van der Waals surface area contributed by atoms with Crippen molar-refractivity contribution in [2.45, 2.75) is 87.6 Å². The van der Waals surface area contributed by atoms with Crippen molar-refractivity contribution >= 4 is 39.6 Å². The van der Waals surface area contributed by atoms with Gasteiger partial charge in [-0.2, -0.15) is 0 Å². The smallest absolute Gasteiger partial charge is 0.313 e. The van der Waals surface area contributed by atoms with Crippen molar-refractivity contribution in [3.8, 4) is 0 Å². The number of fused-ring (bicyclic) bond motifs is 1. The summed E-state index contributed by atoms with van der Waals surface area (Å²) in [6.45, 7) is 13.8. The highest BCUT2D eigenvalue weighted by Gasteiger charge is 2.77. The SMILES string of the molecule is C=CCCC(=O)NC[C@@H](OC(=O)[C@@H]1[C@H]2O[C@@]3(CC2Br)[C@H](C(=O)N(CC=C)CCCC)N([C@@H](CO)C(C)C)C(=O)[C@@H]13)c1ccccc1. The van der Waals surface area contributed by atoms with Gasteiger partial charge in [0.2, 0.25) is 17.7 Å². The minimum atomic E-state index is -1.29. The lowest BCUT2D eigenvalue weighted by molar-refractivity contribution is -0.161. The van der Waals surface area contributed by atoms with E-state index >= 15 is 0 Å². The first-order valence-electron chi connectivity index (χ1n) is 16.3. The molecule has 8 atom stereocenters. The lowest BCUT2D eigenvalue weighted by atomic mass is 9.70. The van der Waals surface area contributed by atoms with E-state index in [9.17, 15) is 24.3 Å². The van der Waals surface area contributed by atoms with Gasteiger partial charge in [-0.1, -0.05) is 85.6 Å². The molecule has 3 aliphatic rings. The Morgan fingerprint density at radius 1 is 1.24 bits per heavy atom. The predicted molar refractivity (Wildman–Crippen MR) is 178 cm³/mol. The number of likely N-dealkylation sites (tertiary alicyclic amines) is 1. The molecule has 2 N–H and O–H groups in total. The van der Waals surface area contributed by atoms with Crippen LogP contribution < -0.4 is 5.32 Å². The lowest BCUT2D eigenvalue weighted by Crippen LogP contribution is -2.60. The van der Waals surface area contributed by atoms with E-state index in [2.05, 4.69) is 34.4 Å². The summed E-state index contributed by atoms with van der Waals surface area (Å²) >= 11 is 3.71. The number of benzene rings is 1. The lowest BCUT2D eigenvalue weighted by Gasteiger charge is -2.40. The first-order valence-corrected chi connectivity index (χ1v) is 17.2. The Bertz CT molecular complexity index is 1280. The van der Waals surface area contributed by atoms with Crippen molar-refractivity contribution < 1.29 is 33.8 Å². The van der Waals surface area contributed by atoms with E-state index in [1.807, 2.05) is 51.1 Å². The third kappa shape index (κ3) is 6.96. The molecule has 0 saturated carbocycles. The highest BCUT2D eigenvalue weighted by molar-refractivity contribution is 9.09. The van der Waals surface area contributed by atoms with Crippen molar-refractivity contribution in [1.82, 2.24) is 15.1 Å². The number of alkyl halides is 1. The fourth-order valence-corrected chi connectivity index (χ4v) is 8.15. The molecule has 1 spiro atoms. The highest BCUT2D eigenvalue weighted by atomic mass is 79.9. The van der Waals surface area contributed by atoms with E-state index in [-0.39, 0.29) is 42.1 Å². The average molecular weight is 703 g/mol. The maximum absolute atomic E-state index is 14.5. The molecular weight excluding hydrogens is 654 g/mol. The van der Waals surface area contributed by atoms with Gasteiger partial charge < -0.3 is 29.7 Å². The van der Waals surface area contributed by atoms with Gasteiger partial charge in [-0.3, -0.25) is 19.2 Å². The van der Waals surface area contributed by atoms with Gasteiger partial charge in [0.05, 0.1) is 37.1 Å². The topological polar surface area (TPSA) is 125 Å². The Labute approximate surface area is 280 Å². The van der Waals surface area contributed by atoms with Gasteiger partial charge in [0.15, 0.2) is 0 Å². The van der Waals surface area contributed by atoms with Gasteiger partial charge in [-0.05, 0) is 30.7 Å². The van der Waals surface area contributed by atoms with Gasteiger partial charge in [-0.25, -0.2) is 0 Å². The maximum Gasteiger partial charge on any atom is 0.313 e. The molecule has 0 aromatic heterocycles. The Balaban J connectivity index is 1.70. The van der Waals surface area contributed by atoms with Gasteiger partial charge in [0.1, 0.15) is 17.7 Å². The van der Waals surface area contributed by atoms with Gasteiger partial charge in [-0.15, -0.1) is 13.2 Å². The molecule has 10 nitrogen and oxygen atoms in total. The zero-order valence-electron chi connectivity index (χ0n) is 27.1. The van der Waals surface area contributed by atoms with E-state index in [0.29, 0.717) is 31.5 Å². The Kier molecular flexibility index (Phi) is 12.2. The number of esters is 1. The standard InChI is InChI=1S/C35H48BrN3O7/c1-6-9-16-27(41)37-20-26(23-14-12-11-13-15-23)45-34(44)28-29-32(42)39(25(21-40)22(4)5)31(35(29)19-24(36)30(28)46-35)33(43)38(17-8-3)18-10-7-2/h6,8,11-15,22,24-26,28-31,40H,1,3,7,9-10,16-21H2,2,4-5H3,(H,37,41)/t24?,25-,26+,28-,29+,30-,31-,35+/m0/s1. The summed E-state index contributed by atoms with van der Waals surface area (Å²) in [6.07, 6.45) is 4.59. The second-order valence-electron chi connectivity index (χ2n) is 12.8. The summed E-state index contributed by atoms with van der Waals surface area (Å²) in [7, 11) is 0. The quantitative estimate of drug-likeness (QED) is 0.143. The molecule has 1 aromatic rings. The normalized spacial score (nSPS) is 27.7. The molecule has 0 radical (unpaired) electrons. The number of hydrogen-bond acceptors (Lipinski definition) is 7. The fraction of sp³-hybridized carbons (Fsp3) is 0.600. The molecule has 3 heterocycles. The van der Waals surface area contributed by atoms with E-state index in [4.69, 9.17) is 9.47 Å². The number of halogens is 1. The monoisotopic (exact) mass is 701 g/mol. The summed E-state index contributed by atoms with van der Waals surface area (Å²) < 4.78 is 12.8. The predicted octanol–water partition coefficient (Wildman–Crippen LogP) is 3.93. The van der Waals surface area contributed by atoms with Crippen LogP contribution in [0.1, 0.15) is 64.5 Å². The number of aliphatic hydroxyl groups excluding tert-OH is 1. The van der Waals surface area contributed by atoms with Crippen molar-refractivity contribution in [3.63, 3.8) is 0 Å². The molecule has 3 fully saturated rings. The Hall–Kier alpha value is -3.02. The van der Waals surface area contributed by atoms with Gasteiger partial charge in [0, 0.05) is 24.3 Å². The molecular formula is C35H48BrN3O7. The van der Waals surface area contributed by atoms with Crippen LogP contribution in [0.25, 0.3) is 0 Å². The summed E-state index contributed by atoms with van der Waals surface area (Å²) in [5.74, 6) is -3.63. The maximum atomic E-state index is 14.5. The molecule has 252 valence electrons. The zero-order valence-corrected chi connectivity index (χ0v) is 28.7. The number of unbranched alkanes of at least 4 members (excludes halogenated alkanes) is 1. The largest absolute Gasteiger partial charge is 0.455 e. The minimum Gasteiger partial charge on any atom is -0.455 e. The van der Waals surface area contributed by atoms with Crippen LogP contribution in [0.2, 0.25) is 0 Å². The van der Waals surface area contributed by atoms with Crippen molar-refractivity contribution in [2.75, 3.05) is 26.2 Å². The minimum absolute atomic E-state index is 0.0482. The number of carbonyl (C=O) groups excluding carboxylic acids is 4. The van der Waals surface area contributed by atoms with Crippen LogP contribution in [-0.2, 0) is 28.7 Å². The van der Waals surface area contributed by atoms with Crippen LogP contribution in [0.5, 0.6) is 0 Å². The molecule has 1 unspecified atom stereocenters. The molecule has 11 heteroatoms. The number of carbonyl (C=O) groups is 4. The third-order valence-corrected chi connectivity index (χ3v) is 10.3.